The van der Waals surface area contributed by atoms with Crippen LogP contribution in [-0.2, 0) is 24.9 Å². The second-order valence-corrected chi connectivity index (χ2v) is 13.8. The fourth-order valence-corrected chi connectivity index (χ4v) is 5.48. The molecule has 8 aromatic rings. The number of ether oxygens (including phenoxy) is 1. The van der Waals surface area contributed by atoms with Gasteiger partial charge in [-0.05, 0) is 12.2 Å². The van der Waals surface area contributed by atoms with Crippen LogP contribution < -0.4 is 22.9 Å². The quantitative estimate of drug-likeness (QED) is 0.0588. The van der Waals surface area contributed by atoms with Gasteiger partial charge in [0.1, 0.15) is 55.3 Å². The van der Waals surface area contributed by atoms with Crippen LogP contribution >= 0.6 is 7.60 Å². The predicted molar refractivity (Wildman–Crippen MR) is 219 cm³/mol. The third-order valence-electron chi connectivity index (χ3n) is 7.73. The van der Waals surface area contributed by atoms with Crippen molar-refractivity contribution in [1.82, 2.24) is 78.5 Å². The molecule has 0 radical (unpaired) electrons. The Morgan fingerprint density at radius 2 is 1.22 bits per heavy atom. The molecule has 0 fully saturated rings. The molecule has 8 heterocycles. The van der Waals surface area contributed by atoms with Crippen molar-refractivity contribution in [3.63, 3.8) is 0 Å². The number of aliphatic hydroxyl groups is 3. The first kappa shape index (κ1) is 44.0. The highest BCUT2D eigenvalue weighted by Crippen LogP contribution is 2.46. The molecule has 0 saturated carbocycles. The van der Waals surface area contributed by atoms with Crippen LogP contribution in [0, 0.1) is 0 Å². The van der Waals surface area contributed by atoms with Crippen LogP contribution in [0.5, 0.6) is 0 Å². The van der Waals surface area contributed by atoms with E-state index < -0.39 is 13.7 Å². The number of aromatic nitrogens is 16. The minimum atomic E-state index is -3.14. The molecule has 27 nitrogen and oxygen atoms in total. The molecule has 12 N–H and O–H groups in total. The zero-order chi connectivity index (χ0) is 43.1. The maximum absolute atomic E-state index is 11.7. The second-order valence-electron chi connectivity index (χ2n) is 11.6. The van der Waals surface area contributed by atoms with Gasteiger partial charge in [0.2, 0.25) is 0 Å². The Bertz CT molecular complexity index is 2710. The van der Waals surface area contributed by atoms with Crippen molar-refractivity contribution in [3.05, 3.63) is 62.8 Å². The van der Waals surface area contributed by atoms with Gasteiger partial charge in [-0.3, -0.25) is 13.7 Å². The lowest BCUT2D eigenvalue weighted by Gasteiger charge is -2.12. The van der Waals surface area contributed by atoms with E-state index in [1.165, 1.54) is 52.2 Å². The highest BCUT2D eigenvalue weighted by Gasteiger charge is 2.20. The molecule has 0 bridgehead atoms. The molecule has 0 aliphatic carbocycles. The summed E-state index contributed by atoms with van der Waals surface area (Å²) in [5, 5.41) is 26.6. The Hall–Kier alpha value is -7.13. The van der Waals surface area contributed by atoms with Crippen LogP contribution in [0.1, 0.15) is 0 Å². The molecule has 8 aromatic heterocycles. The minimum Gasteiger partial charge on any atom is -0.394 e. The van der Waals surface area contributed by atoms with Crippen LogP contribution in [0.4, 0.5) is 23.3 Å². The van der Waals surface area contributed by atoms with E-state index in [0.717, 1.165) is 0 Å². The van der Waals surface area contributed by atoms with Gasteiger partial charge in [0.15, 0.2) is 56.9 Å². The highest BCUT2D eigenvalue weighted by molar-refractivity contribution is 7.53. The number of anilines is 4. The van der Waals surface area contributed by atoms with Crippen molar-refractivity contribution in [2.24, 2.45) is 0 Å². The summed E-state index contributed by atoms with van der Waals surface area (Å²) in [6, 6.07) is 0. The maximum Gasteiger partial charge on any atom is 0.355 e. The summed E-state index contributed by atoms with van der Waals surface area (Å²) in [6.45, 7) is 0.126. The van der Waals surface area contributed by atoms with Crippen molar-refractivity contribution in [1.29, 1.82) is 0 Å². The molecule has 28 heteroatoms. The van der Waals surface area contributed by atoms with E-state index in [4.69, 9.17) is 46.9 Å². The van der Waals surface area contributed by atoms with Crippen molar-refractivity contribution in [3.8, 4) is 0 Å². The second kappa shape index (κ2) is 21.0. The minimum absolute atomic E-state index is 0.0275. The Kier molecular flexibility index (Phi) is 15.4. The van der Waals surface area contributed by atoms with Crippen LogP contribution in [-0.4, -0.2) is 140 Å². The number of aliphatic hydroxyl groups excluding tert-OH is 3. The number of rotatable bonds is 12. The lowest BCUT2D eigenvalue weighted by Crippen LogP contribution is -2.19. The van der Waals surface area contributed by atoms with Gasteiger partial charge in [-0.1, -0.05) is 0 Å². The first-order chi connectivity index (χ1) is 29.0. The molecule has 316 valence electrons. The van der Waals surface area contributed by atoms with E-state index >= 15 is 0 Å². The molecular weight excluding hydrogens is 807 g/mol. The number of aromatic amines is 1. The van der Waals surface area contributed by atoms with Crippen molar-refractivity contribution < 1.29 is 33.7 Å². The summed E-state index contributed by atoms with van der Waals surface area (Å²) in [5.41, 5.74) is 27.0. The smallest absolute Gasteiger partial charge is 0.355 e. The largest absolute Gasteiger partial charge is 0.394 e. The maximum atomic E-state index is 11.7. The zero-order valence-corrected chi connectivity index (χ0v) is 32.9. The number of hydrogen-bond donors (Lipinski definition) is 8. The van der Waals surface area contributed by atoms with E-state index in [1.54, 1.807) is 50.9 Å². The van der Waals surface area contributed by atoms with Gasteiger partial charge < -0.3 is 61.6 Å². The molecular formula is C32H41N20O7P. The van der Waals surface area contributed by atoms with Crippen LogP contribution in [0.2, 0.25) is 0 Å². The number of nitrogens with zero attached hydrogens (tertiary/aromatic N) is 15. The number of nitrogens with one attached hydrogen (secondary N) is 1. The SMILES string of the molecule is COP(=O)(COC/C=C\n1cnc2c(N)ncnc21)OC.Nc1ncnc2c1ncn2/C=C\CO.Nc1ncnc2c1ncn2CC(O)CO.Nc1ncnc2nc[nH]c12. The lowest BCUT2D eigenvalue weighted by atomic mass is 10.4. The molecule has 0 saturated heterocycles. The standard InChI is InChI=1S/C11H16N5O4P.C8H11N5O2.C8H9N5O.C5H5N5/c1-18-21(17,19-2)8-20-5-3-4-16-7-15-9-10(12)13-6-14-11(9)16;9-7-6-8(11-3-10-7)13(4-12-6)1-5(15)2-14;9-7-6-8(11-4-10-7)13(5-12-6)2-1-3-14;6-4-3-5(9-1-7-3)10-2-8-4/h3-4,6-7H,5,8H2,1-2H3,(H2,12,13,14);3-5,14-15H,1-2H2,(H2,9,10,11);1-2,4-5,14H,3H2,(H2,9,10,11);1-2H,(H3,6,7,8,9,10)/b4-3-;;2-1-;. The van der Waals surface area contributed by atoms with E-state index in [9.17, 15) is 9.67 Å². The fourth-order valence-electron chi connectivity index (χ4n) is 4.79. The predicted octanol–water partition coefficient (Wildman–Crippen LogP) is -0.0925. The fraction of sp³-hybridized carbons (Fsp3) is 0.250. The molecule has 0 aliphatic heterocycles. The Balaban J connectivity index is 0.000000156. The van der Waals surface area contributed by atoms with Crippen molar-refractivity contribution in [2.45, 2.75) is 12.6 Å². The van der Waals surface area contributed by atoms with Gasteiger partial charge in [-0.15, -0.1) is 0 Å². The molecule has 0 amide bonds. The van der Waals surface area contributed by atoms with E-state index in [2.05, 4.69) is 64.8 Å². The summed E-state index contributed by atoms with van der Waals surface area (Å²) in [4.78, 5) is 50.2. The molecule has 8 rings (SSSR count). The van der Waals surface area contributed by atoms with Crippen LogP contribution in [0.25, 0.3) is 57.1 Å². The third kappa shape index (κ3) is 11.1. The normalized spacial score (nSPS) is 12.1. The molecule has 60 heavy (non-hydrogen) atoms. The number of hydrogen-bond acceptors (Lipinski definition) is 23. The summed E-state index contributed by atoms with van der Waals surface area (Å²) >= 11 is 0. The monoisotopic (exact) mass is 848 g/mol. The van der Waals surface area contributed by atoms with Gasteiger partial charge in [0.05, 0.1) is 45.1 Å². The third-order valence-corrected chi connectivity index (χ3v) is 9.34. The van der Waals surface area contributed by atoms with E-state index in [0.29, 0.717) is 67.9 Å². The molecule has 0 spiro atoms. The van der Waals surface area contributed by atoms with Gasteiger partial charge in [-0.2, -0.15) is 0 Å². The number of H-pyrrole nitrogens is 1. The Morgan fingerprint density at radius 1 is 0.700 bits per heavy atom. The van der Waals surface area contributed by atoms with Gasteiger partial charge in [0.25, 0.3) is 0 Å². The molecule has 1 atom stereocenters. The van der Waals surface area contributed by atoms with E-state index in [-0.39, 0.29) is 32.7 Å². The summed E-state index contributed by atoms with van der Waals surface area (Å²) < 4.78 is 31.4. The number of nitrogen functional groups attached to an aromatic ring is 4. The number of fused-ring (bicyclic) bond motifs is 4. The summed E-state index contributed by atoms with van der Waals surface area (Å²) in [7, 11) is -0.518. The first-order valence-electron chi connectivity index (χ1n) is 17.2. The van der Waals surface area contributed by atoms with Crippen LogP contribution in [0.15, 0.2) is 62.8 Å². The van der Waals surface area contributed by atoms with Crippen molar-refractivity contribution in [2.75, 3.05) is 63.3 Å². The topological polar surface area (TPSA) is 395 Å². The molecule has 0 aliphatic rings. The van der Waals surface area contributed by atoms with Gasteiger partial charge >= 0.3 is 7.60 Å². The number of imidazole rings is 4. The average molecular weight is 849 g/mol. The Morgan fingerprint density at radius 3 is 1.77 bits per heavy atom. The molecule has 1 unspecified atom stereocenters. The Labute approximate surface area is 338 Å². The van der Waals surface area contributed by atoms with Crippen molar-refractivity contribution >= 4 is 87.9 Å². The summed E-state index contributed by atoms with van der Waals surface area (Å²) in [5.74, 6) is 1.41. The first-order valence-corrected chi connectivity index (χ1v) is 18.9. The highest BCUT2D eigenvalue weighted by atomic mass is 31.2. The lowest BCUT2D eigenvalue weighted by molar-refractivity contribution is 0.0820. The average Bonchev–Trinajstić information content (AvgIpc) is 4.09. The number of nitrogens with two attached hydrogens (primary N) is 4. The van der Waals surface area contributed by atoms with Crippen LogP contribution in [0.3, 0.4) is 0 Å². The van der Waals surface area contributed by atoms with Gasteiger partial charge in [0, 0.05) is 26.6 Å². The molecule has 0 aromatic carbocycles. The summed E-state index contributed by atoms with van der Waals surface area (Å²) in [6.07, 6.45) is 17.4. The zero-order valence-electron chi connectivity index (χ0n) is 32.0. The van der Waals surface area contributed by atoms with E-state index in [1.807, 2.05) is 0 Å². The van der Waals surface area contributed by atoms with Gasteiger partial charge in [-0.25, -0.2) is 59.8 Å².